The zero-order valence-corrected chi connectivity index (χ0v) is 19.8. The third-order valence-corrected chi connectivity index (χ3v) is 6.07. The van der Waals surface area contributed by atoms with Crippen molar-refractivity contribution in [1.29, 1.82) is 5.26 Å². The van der Waals surface area contributed by atoms with Crippen LogP contribution < -0.4 is 16.0 Å². The number of aromatic amines is 1. The van der Waals surface area contributed by atoms with Crippen LogP contribution in [0.25, 0.3) is 33.2 Å². The lowest BCUT2D eigenvalue weighted by atomic mass is 9.94. The standard InChI is InChI=1S/C25H20F3N5O2.ClH/c1-33-23(19-7-15(25(26,27)28)8-22(20(19)10-30)35-16-3-4-16)21(12-32-33)13-2-5-17-18(6-13)14(9-29)11-31-24(17)34;/h2,5-8,11-12,16H,3-4,9,29H2,1H3,(H,31,34);1H. The van der Waals surface area contributed by atoms with Gasteiger partial charge in [-0.05, 0) is 53.6 Å². The van der Waals surface area contributed by atoms with Gasteiger partial charge in [-0.2, -0.15) is 23.5 Å². The van der Waals surface area contributed by atoms with Crippen molar-refractivity contribution < 1.29 is 17.9 Å². The fraction of sp³-hybridized carbons (Fsp3) is 0.240. The summed E-state index contributed by atoms with van der Waals surface area (Å²) in [4.78, 5) is 14.9. The van der Waals surface area contributed by atoms with Crippen molar-refractivity contribution >= 4 is 23.2 Å². The average molecular weight is 516 g/mol. The highest BCUT2D eigenvalue weighted by Gasteiger charge is 2.35. The number of aryl methyl sites for hydroxylation is 1. The zero-order valence-electron chi connectivity index (χ0n) is 19.0. The minimum atomic E-state index is -4.64. The number of rotatable bonds is 5. The summed E-state index contributed by atoms with van der Waals surface area (Å²) >= 11 is 0. The Morgan fingerprint density at radius 1 is 1.22 bits per heavy atom. The fourth-order valence-corrected chi connectivity index (χ4v) is 4.16. The molecule has 0 amide bonds. The van der Waals surface area contributed by atoms with Gasteiger partial charge < -0.3 is 15.5 Å². The number of nitrogens with two attached hydrogens (primary N) is 1. The number of hydrogen-bond acceptors (Lipinski definition) is 5. The van der Waals surface area contributed by atoms with E-state index in [1.807, 2.05) is 6.07 Å². The Hall–Kier alpha value is -3.81. The van der Waals surface area contributed by atoms with Gasteiger partial charge in [0.05, 0.1) is 23.6 Å². The number of ether oxygens (including phenoxy) is 1. The number of nitrogens with zero attached hydrogens (tertiary/aromatic N) is 3. The summed E-state index contributed by atoms with van der Waals surface area (Å²) < 4.78 is 48.5. The zero-order chi connectivity index (χ0) is 24.9. The van der Waals surface area contributed by atoms with E-state index in [9.17, 15) is 23.2 Å². The summed E-state index contributed by atoms with van der Waals surface area (Å²) in [5.41, 5.74) is 6.89. The molecule has 2 aromatic carbocycles. The largest absolute Gasteiger partial charge is 0.489 e. The lowest BCUT2D eigenvalue weighted by Crippen LogP contribution is -2.10. The molecule has 0 radical (unpaired) electrons. The molecular weight excluding hydrogens is 495 g/mol. The molecule has 11 heteroatoms. The molecule has 1 saturated carbocycles. The number of benzene rings is 2. The molecule has 4 aromatic rings. The van der Waals surface area contributed by atoms with E-state index in [1.165, 1.54) is 10.9 Å². The van der Waals surface area contributed by atoms with Crippen molar-refractivity contribution in [3.63, 3.8) is 0 Å². The summed E-state index contributed by atoms with van der Waals surface area (Å²) in [7, 11) is 1.60. The number of nitriles is 1. The molecule has 36 heavy (non-hydrogen) atoms. The molecule has 2 aromatic heterocycles. The van der Waals surface area contributed by atoms with E-state index in [2.05, 4.69) is 10.1 Å². The summed E-state index contributed by atoms with van der Waals surface area (Å²) in [5, 5.41) is 15.3. The first kappa shape index (κ1) is 25.3. The van der Waals surface area contributed by atoms with Crippen molar-refractivity contribution in [1.82, 2.24) is 14.8 Å². The molecule has 0 bridgehead atoms. The van der Waals surface area contributed by atoms with E-state index in [-0.39, 0.29) is 47.5 Å². The van der Waals surface area contributed by atoms with E-state index in [1.54, 1.807) is 31.4 Å². The normalized spacial score (nSPS) is 13.3. The van der Waals surface area contributed by atoms with Gasteiger partial charge in [0.2, 0.25) is 0 Å². The number of nitrogens with one attached hydrogen (secondary N) is 1. The van der Waals surface area contributed by atoms with E-state index >= 15 is 0 Å². The van der Waals surface area contributed by atoms with Gasteiger partial charge in [-0.15, -0.1) is 12.4 Å². The number of halogens is 4. The van der Waals surface area contributed by atoms with E-state index < -0.39 is 11.7 Å². The Morgan fingerprint density at radius 2 is 1.97 bits per heavy atom. The van der Waals surface area contributed by atoms with Crippen molar-refractivity contribution in [2.24, 2.45) is 12.8 Å². The van der Waals surface area contributed by atoms with Crippen LogP contribution in [0.4, 0.5) is 13.2 Å². The highest BCUT2D eigenvalue weighted by Crippen LogP contribution is 2.43. The molecule has 5 rings (SSSR count). The third-order valence-electron chi connectivity index (χ3n) is 6.07. The maximum absolute atomic E-state index is 13.8. The quantitative estimate of drug-likeness (QED) is 0.392. The molecular formula is C25H21ClF3N5O2. The first-order chi connectivity index (χ1) is 16.7. The monoisotopic (exact) mass is 515 g/mol. The molecule has 1 aliphatic carbocycles. The van der Waals surface area contributed by atoms with E-state index in [4.69, 9.17) is 10.5 Å². The van der Waals surface area contributed by atoms with Gasteiger partial charge >= 0.3 is 6.18 Å². The molecule has 2 heterocycles. The van der Waals surface area contributed by atoms with Crippen molar-refractivity contribution in [2.45, 2.75) is 31.7 Å². The van der Waals surface area contributed by atoms with Crippen LogP contribution in [0.5, 0.6) is 5.75 Å². The smallest absolute Gasteiger partial charge is 0.416 e. The van der Waals surface area contributed by atoms with Gasteiger partial charge in [-0.1, -0.05) is 6.07 Å². The molecule has 1 aliphatic rings. The van der Waals surface area contributed by atoms with Crippen LogP contribution in [0.3, 0.4) is 0 Å². The topological polar surface area (TPSA) is 110 Å². The van der Waals surface area contributed by atoms with Crippen LogP contribution in [0, 0.1) is 11.3 Å². The van der Waals surface area contributed by atoms with Crippen LogP contribution in [-0.4, -0.2) is 20.9 Å². The number of pyridine rings is 1. The molecule has 0 spiro atoms. The van der Waals surface area contributed by atoms with Gasteiger partial charge in [-0.3, -0.25) is 9.48 Å². The van der Waals surface area contributed by atoms with Crippen LogP contribution in [0.2, 0.25) is 0 Å². The SMILES string of the molecule is Cl.Cn1ncc(-c2ccc3c(=O)[nH]cc(CN)c3c2)c1-c1cc(C(F)(F)F)cc(OC2CC2)c1C#N. The van der Waals surface area contributed by atoms with Crippen LogP contribution in [0.1, 0.15) is 29.5 Å². The van der Waals surface area contributed by atoms with E-state index in [0.29, 0.717) is 33.2 Å². The third kappa shape index (κ3) is 4.43. The summed E-state index contributed by atoms with van der Waals surface area (Å²) in [5.74, 6) is -0.0950. The van der Waals surface area contributed by atoms with Crippen LogP contribution in [-0.2, 0) is 19.8 Å². The minimum Gasteiger partial charge on any atom is -0.489 e. The first-order valence-electron chi connectivity index (χ1n) is 10.9. The number of aromatic nitrogens is 3. The molecule has 0 unspecified atom stereocenters. The molecule has 1 fully saturated rings. The van der Waals surface area contributed by atoms with Crippen molar-refractivity contribution in [3.05, 3.63) is 69.8 Å². The lowest BCUT2D eigenvalue weighted by Gasteiger charge is -2.17. The highest BCUT2D eigenvalue weighted by atomic mass is 35.5. The Labute approximate surface area is 209 Å². The molecule has 186 valence electrons. The minimum absolute atomic E-state index is 0. The second kappa shape index (κ2) is 9.33. The van der Waals surface area contributed by atoms with Gasteiger partial charge in [-0.25, -0.2) is 0 Å². The Morgan fingerprint density at radius 3 is 2.61 bits per heavy atom. The Bertz CT molecular complexity index is 1570. The van der Waals surface area contributed by atoms with Gasteiger partial charge in [0, 0.05) is 36.3 Å². The summed E-state index contributed by atoms with van der Waals surface area (Å²) in [6.07, 6.45) is -0.309. The highest BCUT2D eigenvalue weighted by molar-refractivity contribution is 5.92. The molecule has 0 atom stereocenters. The van der Waals surface area contributed by atoms with Gasteiger partial charge in [0.25, 0.3) is 5.56 Å². The lowest BCUT2D eigenvalue weighted by molar-refractivity contribution is -0.137. The molecule has 0 saturated heterocycles. The average Bonchev–Trinajstić information content (AvgIpc) is 3.56. The molecule has 3 N–H and O–H groups in total. The number of hydrogen-bond donors (Lipinski definition) is 2. The second-order valence-electron chi connectivity index (χ2n) is 8.46. The number of H-pyrrole nitrogens is 1. The Kier molecular flexibility index (Phi) is 6.56. The summed E-state index contributed by atoms with van der Waals surface area (Å²) in [6, 6.07) is 8.96. The van der Waals surface area contributed by atoms with Crippen LogP contribution >= 0.6 is 12.4 Å². The van der Waals surface area contributed by atoms with Gasteiger partial charge in [0.15, 0.2) is 0 Å². The number of fused-ring (bicyclic) bond motifs is 1. The predicted octanol–water partition coefficient (Wildman–Crippen LogP) is 4.91. The Balaban J connectivity index is 0.00000304. The van der Waals surface area contributed by atoms with Crippen molar-refractivity contribution in [2.75, 3.05) is 0 Å². The number of alkyl halides is 3. The maximum atomic E-state index is 13.8. The summed E-state index contributed by atoms with van der Waals surface area (Å²) in [6.45, 7) is 0.185. The molecule has 0 aliphatic heterocycles. The fourth-order valence-electron chi connectivity index (χ4n) is 4.16. The predicted molar refractivity (Wildman–Crippen MR) is 131 cm³/mol. The first-order valence-corrected chi connectivity index (χ1v) is 10.9. The van der Waals surface area contributed by atoms with E-state index in [0.717, 1.165) is 25.0 Å². The van der Waals surface area contributed by atoms with Crippen LogP contribution in [0.15, 0.2) is 47.5 Å². The molecule has 7 nitrogen and oxygen atoms in total. The maximum Gasteiger partial charge on any atom is 0.416 e. The van der Waals surface area contributed by atoms with Gasteiger partial charge in [0.1, 0.15) is 17.4 Å². The second-order valence-corrected chi connectivity index (χ2v) is 8.46. The van der Waals surface area contributed by atoms with Crippen molar-refractivity contribution in [3.8, 4) is 34.2 Å².